The van der Waals surface area contributed by atoms with Crippen LogP contribution in [0.3, 0.4) is 0 Å². The van der Waals surface area contributed by atoms with Gasteiger partial charge in [-0.25, -0.2) is 4.79 Å². The van der Waals surface area contributed by atoms with E-state index in [2.05, 4.69) is 38.2 Å². The second-order valence-electron chi connectivity index (χ2n) is 15.9. The summed E-state index contributed by atoms with van der Waals surface area (Å²) in [7, 11) is 5.53. The minimum absolute atomic E-state index is 0.0500. The normalized spacial score (nSPS) is 13.2. The molecule has 0 rings (SSSR count). The summed E-state index contributed by atoms with van der Waals surface area (Å²) in [5.74, 6) is -1.47. The molecule has 0 aromatic rings. The summed E-state index contributed by atoms with van der Waals surface area (Å²) in [5, 5.41) is 9.61. The zero-order valence-corrected chi connectivity index (χ0v) is 35.2. The van der Waals surface area contributed by atoms with Gasteiger partial charge in [0.25, 0.3) is 0 Å². The lowest BCUT2D eigenvalue weighted by Crippen LogP contribution is -2.50. The molecule has 0 aliphatic carbocycles. The van der Waals surface area contributed by atoms with E-state index in [0.717, 1.165) is 57.8 Å². The van der Waals surface area contributed by atoms with Crippen LogP contribution >= 0.6 is 0 Å². The number of ether oxygens (including phenoxy) is 3. The van der Waals surface area contributed by atoms with Crippen molar-refractivity contribution in [3.8, 4) is 0 Å². The van der Waals surface area contributed by atoms with Crippen LogP contribution in [0.2, 0.25) is 0 Å². The van der Waals surface area contributed by atoms with Crippen molar-refractivity contribution in [1.29, 1.82) is 0 Å². The van der Waals surface area contributed by atoms with Crippen LogP contribution in [0.1, 0.15) is 194 Å². The third-order valence-electron chi connectivity index (χ3n) is 9.87. The molecule has 2 unspecified atom stereocenters. The van der Waals surface area contributed by atoms with Gasteiger partial charge in [-0.3, -0.25) is 9.59 Å². The maximum atomic E-state index is 12.7. The number of likely N-dealkylation sites (N-methyl/N-ethyl adjacent to an activating group) is 1. The summed E-state index contributed by atoms with van der Waals surface area (Å²) in [6.45, 7) is 4.64. The molecule has 0 saturated carbocycles. The number of nitrogens with zero attached hydrogens (tertiary/aromatic N) is 1. The van der Waals surface area contributed by atoms with Crippen LogP contribution in [-0.4, -0.2) is 80.6 Å². The molecule has 0 aliphatic heterocycles. The molecule has 0 amide bonds. The van der Waals surface area contributed by atoms with Gasteiger partial charge in [0.1, 0.15) is 6.61 Å². The molecule has 0 saturated heterocycles. The number of carbonyl (C=O) groups excluding carboxylic acids is 2. The highest BCUT2D eigenvalue weighted by atomic mass is 16.6. The number of rotatable bonds is 39. The predicted octanol–water partition coefficient (Wildman–Crippen LogP) is 11.7. The summed E-state index contributed by atoms with van der Waals surface area (Å²) < 4.78 is 17.3. The maximum Gasteiger partial charge on any atom is 0.362 e. The van der Waals surface area contributed by atoms with Gasteiger partial charge < -0.3 is 23.8 Å². The van der Waals surface area contributed by atoms with Gasteiger partial charge in [-0.2, -0.15) is 0 Å². The van der Waals surface area contributed by atoms with Crippen LogP contribution in [0, 0.1) is 0 Å². The van der Waals surface area contributed by atoms with E-state index in [4.69, 9.17) is 14.2 Å². The van der Waals surface area contributed by atoms with Crippen LogP contribution in [0.25, 0.3) is 0 Å². The molecule has 0 aromatic carbocycles. The molecular weight excluding hydrogens is 666 g/mol. The molecule has 8 nitrogen and oxygen atoms in total. The first kappa shape index (κ1) is 50.8. The Morgan fingerprint density at radius 2 is 1.06 bits per heavy atom. The average molecular weight is 751 g/mol. The van der Waals surface area contributed by atoms with Crippen LogP contribution in [0.4, 0.5) is 0 Å². The number of hydrogen-bond donors (Lipinski definition) is 1. The van der Waals surface area contributed by atoms with E-state index in [1.165, 1.54) is 103 Å². The van der Waals surface area contributed by atoms with E-state index in [9.17, 15) is 19.5 Å². The fourth-order valence-electron chi connectivity index (χ4n) is 6.48. The van der Waals surface area contributed by atoms with Gasteiger partial charge in [-0.15, -0.1) is 0 Å². The zero-order valence-electron chi connectivity index (χ0n) is 35.2. The van der Waals surface area contributed by atoms with Gasteiger partial charge in [0.05, 0.1) is 34.4 Å². The fourth-order valence-corrected chi connectivity index (χ4v) is 6.48. The quantitative estimate of drug-likeness (QED) is 0.0289. The second kappa shape index (κ2) is 36.8. The van der Waals surface area contributed by atoms with Crippen molar-refractivity contribution < 1.29 is 38.2 Å². The predicted molar refractivity (Wildman–Crippen MR) is 220 cm³/mol. The summed E-state index contributed by atoms with van der Waals surface area (Å²) in [6.07, 6.45) is 39.3. The smallest absolute Gasteiger partial charge is 0.362 e. The fraction of sp³-hybridized carbons (Fsp3) is 0.844. The second-order valence-corrected chi connectivity index (χ2v) is 15.9. The summed E-state index contributed by atoms with van der Waals surface area (Å²) >= 11 is 0. The van der Waals surface area contributed by atoms with Gasteiger partial charge in [0.2, 0.25) is 0 Å². The highest BCUT2D eigenvalue weighted by Gasteiger charge is 2.31. The number of quaternary nitrogens is 1. The lowest BCUT2D eigenvalue weighted by molar-refractivity contribution is -0.887. The molecule has 1 N–H and O–H groups in total. The zero-order chi connectivity index (χ0) is 39.3. The number of carboxylic acid groups (broad SMARTS) is 1. The Labute approximate surface area is 326 Å². The van der Waals surface area contributed by atoms with E-state index in [1.807, 2.05) is 21.1 Å². The van der Waals surface area contributed by atoms with Crippen LogP contribution in [0.15, 0.2) is 24.3 Å². The monoisotopic (exact) mass is 751 g/mol. The van der Waals surface area contributed by atoms with Crippen LogP contribution in [-0.2, 0) is 28.6 Å². The van der Waals surface area contributed by atoms with Gasteiger partial charge in [0, 0.05) is 19.3 Å². The van der Waals surface area contributed by atoms with Crippen LogP contribution in [0.5, 0.6) is 0 Å². The lowest BCUT2D eigenvalue weighted by atomic mass is 10.0. The third-order valence-corrected chi connectivity index (χ3v) is 9.87. The molecule has 0 heterocycles. The standard InChI is InChI=1S/C45H83NO7/c1-6-8-10-12-14-16-18-20-22-24-25-27-29-31-33-35-43(47)52-40-41(39-51-38-37-42(45(49)50)46(3,4)5)53-44(48)36-34-32-30-28-26-23-21-19-17-15-13-11-9-7-2/h9,11,15,17,41-42H,6-8,10,12-14,16,18-40H2,1-5H3/p+1/b11-9+,17-15+. The summed E-state index contributed by atoms with van der Waals surface area (Å²) in [4.78, 5) is 36.9. The Kier molecular flexibility index (Phi) is 35.2. The molecule has 53 heavy (non-hydrogen) atoms. The average Bonchev–Trinajstić information content (AvgIpc) is 3.11. The van der Waals surface area contributed by atoms with E-state index in [0.29, 0.717) is 19.3 Å². The van der Waals surface area contributed by atoms with Crippen molar-refractivity contribution in [2.24, 2.45) is 0 Å². The lowest BCUT2D eigenvalue weighted by Gasteiger charge is -2.31. The maximum absolute atomic E-state index is 12.7. The van der Waals surface area contributed by atoms with Crippen molar-refractivity contribution in [3.63, 3.8) is 0 Å². The van der Waals surface area contributed by atoms with Gasteiger partial charge in [-0.1, -0.05) is 160 Å². The molecule has 310 valence electrons. The number of esters is 2. The number of aliphatic carboxylic acids is 1. The molecule has 2 atom stereocenters. The Bertz CT molecular complexity index is 926. The Balaban J connectivity index is 4.33. The third kappa shape index (κ3) is 35.3. The molecule has 0 fully saturated rings. The van der Waals surface area contributed by atoms with Crippen molar-refractivity contribution in [2.75, 3.05) is 41.0 Å². The summed E-state index contributed by atoms with van der Waals surface area (Å²) in [5.41, 5.74) is 0. The molecule has 0 bridgehead atoms. The van der Waals surface area contributed by atoms with E-state index >= 15 is 0 Å². The first-order chi connectivity index (χ1) is 25.6. The Hall–Kier alpha value is -2.19. The van der Waals surface area contributed by atoms with E-state index in [1.54, 1.807) is 0 Å². The first-order valence-corrected chi connectivity index (χ1v) is 21.9. The Morgan fingerprint density at radius 3 is 1.55 bits per heavy atom. The number of unbranched alkanes of at least 4 members (excludes halogenated alkanes) is 21. The molecule has 8 heteroatoms. The molecule has 0 radical (unpaired) electrons. The first-order valence-electron chi connectivity index (χ1n) is 21.9. The summed E-state index contributed by atoms with van der Waals surface area (Å²) in [6, 6.07) is -0.612. The molecule has 0 aliphatic rings. The molecule has 0 spiro atoms. The Morgan fingerprint density at radius 1 is 0.585 bits per heavy atom. The highest BCUT2D eigenvalue weighted by Crippen LogP contribution is 2.15. The van der Waals surface area contributed by atoms with E-state index < -0.39 is 18.1 Å². The van der Waals surface area contributed by atoms with Crippen molar-refractivity contribution >= 4 is 17.9 Å². The van der Waals surface area contributed by atoms with Gasteiger partial charge in [0.15, 0.2) is 12.1 Å². The van der Waals surface area contributed by atoms with Gasteiger partial charge in [-0.05, 0) is 38.5 Å². The van der Waals surface area contributed by atoms with Crippen molar-refractivity contribution in [1.82, 2.24) is 0 Å². The highest BCUT2D eigenvalue weighted by molar-refractivity contribution is 5.72. The SMILES string of the molecule is CC/C=C/C/C=C/CCCCCCCCCC(=O)OC(COCCC(C(=O)O)[N+](C)(C)C)COC(=O)CCCCCCCCCCCCCCCCC. The largest absolute Gasteiger partial charge is 0.477 e. The number of allylic oxidation sites excluding steroid dienone is 4. The topological polar surface area (TPSA) is 99.1 Å². The molecule has 0 aromatic heterocycles. The van der Waals surface area contributed by atoms with Crippen molar-refractivity contribution in [3.05, 3.63) is 24.3 Å². The number of carboxylic acids is 1. The minimum atomic E-state index is -0.875. The molecular formula is C45H84NO7+. The van der Waals surface area contributed by atoms with E-state index in [-0.39, 0.29) is 36.2 Å². The van der Waals surface area contributed by atoms with Crippen LogP contribution < -0.4 is 0 Å². The number of carbonyl (C=O) groups is 3. The van der Waals surface area contributed by atoms with Gasteiger partial charge >= 0.3 is 17.9 Å². The minimum Gasteiger partial charge on any atom is -0.477 e. The number of hydrogen-bond acceptors (Lipinski definition) is 6. The van der Waals surface area contributed by atoms with Crippen molar-refractivity contribution in [2.45, 2.75) is 206 Å².